The first-order chi connectivity index (χ1) is 10.0. The maximum absolute atomic E-state index is 13.4. The molecule has 0 spiro atoms. The lowest BCUT2D eigenvalue weighted by atomic mass is 10.2. The zero-order valence-corrected chi connectivity index (χ0v) is 13.8. The number of rotatable bonds is 6. The van der Waals surface area contributed by atoms with Gasteiger partial charge < -0.3 is 10.1 Å². The van der Waals surface area contributed by atoms with E-state index in [9.17, 15) is 4.39 Å². The van der Waals surface area contributed by atoms with Gasteiger partial charge in [-0.1, -0.05) is 26.0 Å². The molecule has 0 radical (unpaired) electrons. The van der Waals surface area contributed by atoms with Crippen molar-refractivity contribution < 1.29 is 9.13 Å². The largest absolute Gasteiger partial charge is 0.457 e. The third kappa shape index (κ3) is 5.14. The molecule has 0 heterocycles. The SMILES string of the molecule is CC(C)CNCc1ccc(Oc2ccc(Br)c(F)c2)cc1. The predicted molar refractivity (Wildman–Crippen MR) is 87.2 cm³/mol. The van der Waals surface area contributed by atoms with Crippen LogP contribution in [0.15, 0.2) is 46.9 Å². The van der Waals surface area contributed by atoms with Gasteiger partial charge in [-0.25, -0.2) is 4.39 Å². The van der Waals surface area contributed by atoms with E-state index in [2.05, 4.69) is 35.1 Å². The fraction of sp³-hybridized carbons (Fsp3) is 0.294. The second-order valence-electron chi connectivity index (χ2n) is 5.35. The Bertz CT molecular complexity index is 584. The van der Waals surface area contributed by atoms with Crippen molar-refractivity contribution in [2.75, 3.05) is 6.54 Å². The van der Waals surface area contributed by atoms with Crippen LogP contribution < -0.4 is 10.1 Å². The highest BCUT2D eigenvalue weighted by Gasteiger charge is 2.03. The molecule has 2 nitrogen and oxygen atoms in total. The predicted octanol–water partition coefficient (Wildman–Crippen LogP) is 5.13. The van der Waals surface area contributed by atoms with Crippen molar-refractivity contribution in [2.45, 2.75) is 20.4 Å². The van der Waals surface area contributed by atoms with Crippen LogP contribution in [0.2, 0.25) is 0 Å². The molecule has 0 fully saturated rings. The second kappa shape index (κ2) is 7.57. The van der Waals surface area contributed by atoms with E-state index in [1.165, 1.54) is 11.6 Å². The molecule has 4 heteroatoms. The maximum Gasteiger partial charge on any atom is 0.141 e. The molecule has 21 heavy (non-hydrogen) atoms. The van der Waals surface area contributed by atoms with E-state index in [0.29, 0.717) is 21.9 Å². The Morgan fingerprint density at radius 2 is 1.76 bits per heavy atom. The molecule has 0 aliphatic rings. The second-order valence-corrected chi connectivity index (χ2v) is 6.20. The van der Waals surface area contributed by atoms with Gasteiger partial charge in [0.1, 0.15) is 17.3 Å². The van der Waals surface area contributed by atoms with Crippen molar-refractivity contribution in [1.82, 2.24) is 5.32 Å². The Hall–Kier alpha value is -1.39. The average Bonchev–Trinajstić information content (AvgIpc) is 2.44. The average molecular weight is 352 g/mol. The molecule has 0 aliphatic heterocycles. The summed E-state index contributed by atoms with van der Waals surface area (Å²) in [4.78, 5) is 0. The molecule has 112 valence electrons. The van der Waals surface area contributed by atoms with Crippen LogP contribution in [0, 0.1) is 11.7 Å². The lowest BCUT2D eigenvalue weighted by Crippen LogP contribution is -2.18. The zero-order valence-electron chi connectivity index (χ0n) is 12.2. The number of ether oxygens (including phenoxy) is 1. The molecule has 0 saturated heterocycles. The molecular formula is C17H19BrFNO. The quantitative estimate of drug-likeness (QED) is 0.779. The van der Waals surface area contributed by atoms with E-state index in [4.69, 9.17) is 4.74 Å². The molecule has 2 aromatic rings. The molecule has 0 saturated carbocycles. The van der Waals surface area contributed by atoms with Gasteiger partial charge in [-0.3, -0.25) is 0 Å². The molecule has 0 unspecified atom stereocenters. The zero-order chi connectivity index (χ0) is 15.2. The van der Waals surface area contributed by atoms with E-state index < -0.39 is 0 Å². The highest BCUT2D eigenvalue weighted by atomic mass is 79.9. The fourth-order valence-corrected chi connectivity index (χ4v) is 2.10. The van der Waals surface area contributed by atoms with Crippen LogP contribution in [0.25, 0.3) is 0 Å². The summed E-state index contributed by atoms with van der Waals surface area (Å²) in [6, 6.07) is 12.5. The normalized spacial score (nSPS) is 10.9. The van der Waals surface area contributed by atoms with Crippen LogP contribution in [0.5, 0.6) is 11.5 Å². The topological polar surface area (TPSA) is 21.3 Å². The summed E-state index contributed by atoms with van der Waals surface area (Å²) in [6.07, 6.45) is 0. The van der Waals surface area contributed by atoms with Gasteiger partial charge in [0.2, 0.25) is 0 Å². The Labute approximate surface area is 133 Å². The molecule has 1 N–H and O–H groups in total. The first kappa shape index (κ1) is 16.0. The monoisotopic (exact) mass is 351 g/mol. The summed E-state index contributed by atoms with van der Waals surface area (Å²) >= 11 is 3.12. The Kier molecular flexibility index (Phi) is 5.76. The van der Waals surface area contributed by atoms with Crippen molar-refractivity contribution in [1.29, 1.82) is 0 Å². The number of hydrogen-bond acceptors (Lipinski definition) is 2. The first-order valence-corrected chi connectivity index (χ1v) is 7.76. The van der Waals surface area contributed by atoms with Crippen molar-refractivity contribution in [3.05, 3.63) is 58.3 Å². The number of nitrogens with one attached hydrogen (secondary N) is 1. The van der Waals surface area contributed by atoms with E-state index >= 15 is 0 Å². The van der Waals surface area contributed by atoms with Crippen LogP contribution in [-0.4, -0.2) is 6.54 Å². The van der Waals surface area contributed by atoms with E-state index in [1.807, 2.05) is 24.3 Å². The van der Waals surface area contributed by atoms with E-state index in [0.717, 1.165) is 13.1 Å². The molecule has 2 aromatic carbocycles. The molecule has 2 rings (SSSR count). The molecule has 0 aromatic heterocycles. The molecule has 0 atom stereocenters. The third-order valence-electron chi connectivity index (χ3n) is 2.93. The summed E-state index contributed by atoms with van der Waals surface area (Å²) in [5.74, 6) is 1.49. The highest BCUT2D eigenvalue weighted by Crippen LogP contribution is 2.25. The number of halogens is 2. The lowest BCUT2D eigenvalue weighted by Gasteiger charge is -2.09. The van der Waals surface area contributed by atoms with E-state index in [1.54, 1.807) is 12.1 Å². The van der Waals surface area contributed by atoms with Crippen molar-refractivity contribution in [3.8, 4) is 11.5 Å². The minimum Gasteiger partial charge on any atom is -0.457 e. The van der Waals surface area contributed by atoms with Gasteiger partial charge in [-0.05, 0) is 58.2 Å². The lowest BCUT2D eigenvalue weighted by molar-refractivity contribution is 0.475. The first-order valence-electron chi connectivity index (χ1n) is 6.97. The minimum absolute atomic E-state index is 0.331. The minimum atomic E-state index is -0.331. The molecule has 0 aliphatic carbocycles. The summed E-state index contributed by atoms with van der Waals surface area (Å²) < 4.78 is 19.5. The van der Waals surface area contributed by atoms with Gasteiger partial charge in [0.15, 0.2) is 0 Å². The van der Waals surface area contributed by atoms with Crippen molar-refractivity contribution in [3.63, 3.8) is 0 Å². The molecule has 0 amide bonds. The van der Waals surface area contributed by atoms with Gasteiger partial charge in [0, 0.05) is 12.6 Å². The van der Waals surface area contributed by atoms with Gasteiger partial charge in [0.25, 0.3) is 0 Å². The van der Waals surface area contributed by atoms with Crippen LogP contribution >= 0.6 is 15.9 Å². The van der Waals surface area contributed by atoms with E-state index in [-0.39, 0.29) is 5.82 Å². The standard InChI is InChI=1S/C17H19BrFNO/c1-12(2)10-20-11-13-3-5-14(6-4-13)21-15-7-8-16(18)17(19)9-15/h3-9,12,20H,10-11H2,1-2H3. The smallest absolute Gasteiger partial charge is 0.141 e. The number of benzene rings is 2. The molecular weight excluding hydrogens is 333 g/mol. The van der Waals surface area contributed by atoms with Crippen LogP contribution in [-0.2, 0) is 6.54 Å². The van der Waals surface area contributed by atoms with Crippen LogP contribution in [0.3, 0.4) is 0 Å². The summed E-state index contributed by atoms with van der Waals surface area (Å²) in [6.45, 7) is 6.20. The summed E-state index contributed by atoms with van der Waals surface area (Å²) in [5.41, 5.74) is 1.20. The van der Waals surface area contributed by atoms with Gasteiger partial charge in [-0.2, -0.15) is 0 Å². The molecule has 0 bridgehead atoms. The Morgan fingerprint density at radius 1 is 1.10 bits per heavy atom. The fourth-order valence-electron chi connectivity index (χ4n) is 1.86. The third-order valence-corrected chi connectivity index (χ3v) is 3.57. The van der Waals surface area contributed by atoms with Gasteiger partial charge >= 0.3 is 0 Å². The highest BCUT2D eigenvalue weighted by molar-refractivity contribution is 9.10. The Morgan fingerprint density at radius 3 is 2.38 bits per heavy atom. The van der Waals surface area contributed by atoms with Gasteiger partial charge in [-0.15, -0.1) is 0 Å². The number of hydrogen-bond donors (Lipinski definition) is 1. The van der Waals surface area contributed by atoms with Crippen molar-refractivity contribution in [2.24, 2.45) is 5.92 Å². The summed E-state index contributed by atoms with van der Waals surface area (Å²) in [5, 5.41) is 3.39. The van der Waals surface area contributed by atoms with Crippen LogP contribution in [0.4, 0.5) is 4.39 Å². The summed E-state index contributed by atoms with van der Waals surface area (Å²) in [7, 11) is 0. The van der Waals surface area contributed by atoms with Crippen molar-refractivity contribution >= 4 is 15.9 Å². The Balaban J connectivity index is 1.94. The van der Waals surface area contributed by atoms with Gasteiger partial charge in [0.05, 0.1) is 4.47 Å². The van der Waals surface area contributed by atoms with Crippen LogP contribution in [0.1, 0.15) is 19.4 Å². The maximum atomic E-state index is 13.4.